The fourth-order valence-electron chi connectivity index (χ4n) is 2.88. The molecular weight excluding hydrogens is 354 g/mol. The average Bonchev–Trinajstić information content (AvgIpc) is 3.17. The number of fused-ring (bicyclic) bond motifs is 1. The monoisotopic (exact) mass is 373 g/mol. The van der Waals surface area contributed by atoms with Gasteiger partial charge in [0, 0.05) is 35.2 Å². The van der Waals surface area contributed by atoms with Crippen molar-refractivity contribution in [2.45, 2.75) is 39.3 Å². The Morgan fingerprint density at radius 3 is 2.96 bits per heavy atom. The minimum absolute atomic E-state index is 0.107. The summed E-state index contributed by atoms with van der Waals surface area (Å²) in [6.07, 6.45) is 2.98. The number of amides is 1. The normalized spacial score (nSPS) is 13.9. The fraction of sp³-hybridized carbons (Fsp3) is 0.368. The van der Waals surface area contributed by atoms with Crippen molar-refractivity contribution >= 4 is 28.4 Å². The number of H-pyrrole nitrogens is 1. The second-order valence-corrected chi connectivity index (χ2v) is 7.22. The van der Waals surface area contributed by atoms with Crippen molar-refractivity contribution in [2.75, 3.05) is 0 Å². The van der Waals surface area contributed by atoms with Crippen LogP contribution in [0.2, 0.25) is 5.02 Å². The number of rotatable bonds is 7. The van der Waals surface area contributed by atoms with Crippen LogP contribution in [0.15, 0.2) is 28.8 Å². The van der Waals surface area contributed by atoms with Crippen LogP contribution >= 0.6 is 11.6 Å². The number of hydrogen-bond acceptors (Lipinski definition) is 4. The van der Waals surface area contributed by atoms with Gasteiger partial charge in [0.15, 0.2) is 5.76 Å². The number of nitrogens with one attached hydrogen (secondary N) is 2. The van der Waals surface area contributed by atoms with Crippen LogP contribution in [-0.2, 0) is 17.9 Å². The molecule has 6 nitrogen and oxygen atoms in total. The molecule has 2 N–H and O–H groups in total. The number of aromatic amines is 1. The van der Waals surface area contributed by atoms with E-state index in [-0.39, 0.29) is 12.5 Å². The Hall–Kier alpha value is -2.47. The number of hydrogen-bond donors (Lipinski definition) is 2. The maximum atomic E-state index is 11.8. The van der Waals surface area contributed by atoms with Gasteiger partial charge in [-0.25, -0.2) is 0 Å². The largest absolute Gasteiger partial charge is 0.484 e. The molecule has 0 spiro atoms. The zero-order chi connectivity index (χ0) is 18.1. The van der Waals surface area contributed by atoms with Crippen molar-refractivity contribution in [3.63, 3.8) is 0 Å². The summed E-state index contributed by atoms with van der Waals surface area (Å²) in [5, 5.41) is 8.29. The number of carbonyl (C=O) groups is 1. The Morgan fingerprint density at radius 2 is 2.23 bits per heavy atom. The highest BCUT2D eigenvalue weighted by Crippen LogP contribution is 2.32. The number of carbonyl (C=O) groups excluding carboxylic acids is 1. The summed E-state index contributed by atoms with van der Waals surface area (Å²) in [4.78, 5) is 15.1. The molecule has 1 aliphatic rings. The van der Waals surface area contributed by atoms with Gasteiger partial charge in [0.2, 0.25) is 5.91 Å². The van der Waals surface area contributed by atoms with Gasteiger partial charge < -0.3 is 19.6 Å². The number of aromatic nitrogens is 2. The molecule has 0 unspecified atom stereocenters. The summed E-state index contributed by atoms with van der Waals surface area (Å²) in [6, 6.07) is 7.52. The van der Waals surface area contributed by atoms with Gasteiger partial charge in [-0.3, -0.25) is 4.79 Å². The van der Waals surface area contributed by atoms with E-state index in [2.05, 4.69) is 15.5 Å². The molecule has 2 heterocycles. The van der Waals surface area contributed by atoms with Gasteiger partial charge in [-0.05, 0) is 37.8 Å². The van der Waals surface area contributed by atoms with Crippen LogP contribution in [0.1, 0.15) is 36.4 Å². The summed E-state index contributed by atoms with van der Waals surface area (Å²) in [5.41, 5.74) is 2.65. The second-order valence-electron chi connectivity index (χ2n) is 6.81. The third-order valence-corrected chi connectivity index (χ3v) is 4.72. The third kappa shape index (κ3) is 4.02. The highest BCUT2D eigenvalue weighted by molar-refractivity contribution is 6.32. The molecule has 26 heavy (non-hydrogen) atoms. The smallest absolute Gasteiger partial charge is 0.220 e. The summed E-state index contributed by atoms with van der Waals surface area (Å²) in [5.74, 6) is 1.91. The van der Waals surface area contributed by atoms with E-state index < -0.39 is 0 Å². The van der Waals surface area contributed by atoms with Gasteiger partial charge >= 0.3 is 0 Å². The summed E-state index contributed by atoms with van der Waals surface area (Å²) in [6.45, 7) is 2.60. The first kappa shape index (κ1) is 17.0. The Balaban J connectivity index is 1.42. The molecule has 1 saturated carbocycles. The maximum Gasteiger partial charge on any atom is 0.220 e. The highest BCUT2D eigenvalue weighted by Gasteiger charge is 2.24. The van der Waals surface area contributed by atoms with E-state index in [0.717, 1.165) is 22.3 Å². The first-order valence-corrected chi connectivity index (χ1v) is 9.07. The number of aryl methyl sites for hydroxylation is 1. The molecule has 1 aromatic carbocycles. The van der Waals surface area contributed by atoms with Crippen LogP contribution in [0, 0.1) is 12.8 Å². The molecule has 0 atom stereocenters. The average molecular weight is 374 g/mol. The standard InChI is InChI=1S/C19H20ClN3O3/c1-11-4-15(26-23-11)10-25-18-8-17-13(7-16(18)20)6-14(22-17)9-21-19(24)5-12-2-3-12/h4,6-8,12,22H,2-3,5,9-10H2,1H3,(H,21,24). The van der Waals surface area contributed by atoms with Crippen molar-refractivity contribution in [3.05, 3.63) is 46.4 Å². The van der Waals surface area contributed by atoms with Gasteiger partial charge in [-0.15, -0.1) is 0 Å². The van der Waals surface area contributed by atoms with Crippen LogP contribution in [0.5, 0.6) is 5.75 Å². The molecule has 1 fully saturated rings. The topological polar surface area (TPSA) is 80.1 Å². The lowest BCUT2D eigenvalue weighted by atomic mass is 10.2. The third-order valence-electron chi connectivity index (χ3n) is 4.42. The van der Waals surface area contributed by atoms with E-state index in [1.165, 1.54) is 12.8 Å². The summed E-state index contributed by atoms with van der Waals surface area (Å²) in [7, 11) is 0. The van der Waals surface area contributed by atoms with E-state index >= 15 is 0 Å². The van der Waals surface area contributed by atoms with E-state index in [1.807, 2.05) is 31.2 Å². The number of benzene rings is 1. The minimum Gasteiger partial charge on any atom is -0.484 e. The van der Waals surface area contributed by atoms with Crippen LogP contribution in [0.4, 0.5) is 0 Å². The number of halogens is 1. The van der Waals surface area contributed by atoms with E-state index in [1.54, 1.807) is 0 Å². The van der Waals surface area contributed by atoms with Crippen LogP contribution in [0.3, 0.4) is 0 Å². The lowest BCUT2D eigenvalue weighted by molar-refractivity contribution is -0.121. The number of nitrogens with zero attached hydrogens (tertiary/aromatic N) is 1. The van der Waals surface area contributed by atoms with Gasteiger partial charge in [0.1, 0.15) is 12.4 Å². The van der Waals surface area contributed by atoms with E-state index in [0.29, 0.717) is 35.4 Å². The lowest BCUT2D eigenvalue weighted by Crippen LogP contribution is -2.22. The Morgan fingerprint density at radius 1 is 1.38 bits per heavy atom. The van der Waals surface area contributed by atoms with Crippen LogP contribution in [0.25, 0.3) is 10.9 Å². The predicted octanol–water partition coefficient (Wildman–Crippen LogP) is 4.11. The van der Waals surface area contributed by atoms with Crippen LogP contribution < -0.4 is 10.1 Å². The SMILES string of the molecule is Cc1cc(COc2cc3[nH]c(CNC(=O)CC4CC4)cc3cc2Cl)on1. The zero-order valence-corrected chi connectivity index (χ0v) is 15.2. The Kier molecular flexibility index (Phi) is 4.59. The molecule has 0 radical (unpaired) electrons. The lowest BCUT2D eigenvalue weighted by Gasteiger charge is -2.06. The van der Waals surface area contributed by atoms with E-state index in [4.69, 9.17) is 20.9 Å². The van der Waals surface area contributed by atoms with Crippen molar-refractivity contribution in [1.82, 2.24) is 15.5 Å². The van der Waals surface area contributed by atoms with E-state index in [9.17, 15) is 4.79 Å². The molecule has 0 bridgehead atoms. The van der Waals surface area contributed by atoms with Gasteiger partial charge in [-0.2, -0.15) is 0 Å². The molecule has 7 heteroatoms. The minimum atomic E-state index is 0.107. The fourth-order valence-corrected chi connectivity index (χ4v) is 3.11. The van der Waals surface area contributed by atoms with Crippen molar-refractivity contribution in [1.29, 1.82) is 0 Å². The molecule has 136 valence electrons. The molecule has 3 aromatic rings. The summed E-state index contributed by atoms with van der Waals surface area (Å²) >= 11 is 6.32. The van der Waals surface area contributed by atoms with Crippen LogP contribution in [-0.4, -0.2) is 16.0 Å². The Bertz CT molecular complexity index is 943. The quantitative estimate of drug-likeness (QED) is 0.653. The molecule has 1 amide bonds. The molecular formula is C19H20ClN3O3. The van der Waals surface area contributed by atoms with Crippen molar-refractivity contribution in [2.24, 2.45) is 5.92 Å². The molecule has 4 rings (SSSR count). The molecule has 1 aliphatic carbocycles. The highest BCUT2D eigenvalue weighted by atomic mass is 35.5. The van der Waals surface area contributed by atoms with Gasteiger partial charge in [0.25, 0.3) is 0 Å². The molecule has 0 saturated heterocycles. The molecule has 0 aliphatic heterocycles. The van der Waals surface area contributed by atoms with Gasteiger partial charge in [0.05, 0.1) is 17.3 Å². The first-order valence-electron chi connectivity index (χ1n) is 8.69. The predicted molar refractivity (Wildman–Crippen MR) is 98.1 cm³/mol. The maximum absolute atomic E-state index is 11.8. The second kappa shape index (κ2) is 7.03. The van der Waals surface area contributed by atoms with Gasteiger partial charge in [-0.1, -0.05) is 16.8 Å². The Labute approximate surface area is 155 Å². The van der Waals surface area contributed by atoms with Crippen molar-refractivity contribution in [3.8, 4) is 5.75 Å². The van der Waals surface area contributed by atoms with Crippen molar-refractivity contribution < 1.29 is 14.1 Å². The molecule has 2 aromatic heterocycles. The zero-order valence-electron chi connectivity index (χ0n) is 14.5. The first-order chi connectivity index (χ1) is 12.6. The number of ether oxygens (including phenoxy) is 1. The summed E-state index contributed by atoms with van der Waals surface area (Å²) < 4.78 is 10.9.